The number of para-hydroxylation sites is 1. The van der Waals surface area contributed by atoms with Crippen LogP contribution >= 0.6 is 0 Å². The third-order valence-corrected chi connectivity index (χ3v) is 4.18. The summed E-state index contributed by atoms with van der Waals surface area (Å²) in [5.74, 6) is 0.112. The lowest BCUT2D eigenvalue weighted by Crippen LogP contribution is -2.33. The minimum atomic E-state index is -0.383. The molecular formula is C18H15FN4O. The van der Waals surface area contributed by atoms with Crippen LogP contribution in [0.2, 0.25) is 0 Å². The highest BCUT2D eigenvalue weighted by Gasteiger charge is 2.32. The lowest BCUT2D eigenvalue weighted by molar-refractivity contribution is -0.117. The molecule has 1 N–H and O–H groups in total. The number of nitrogens with zero attached hydrogens (tertiary/aromatic N) is 3. The van der Waals surface area contributed by atoms with Gasteiger partial charge in [-0.2, -0.15) is 0 Å². The Morgan fingerprint density at radius 1 is 1.12 bits per heavy atom. The molecule has 1 aliphatic heterocycles. The number of halogens is 1. The first-order valence-corrected chi connectivity index (χ1v) is 7.75. The molecule has 120 valence electrons. The molecule has 1 aliphatic rings. The fraction of sp³-hybridized carbons (Fsp3) is 0.167. The third-order valence-electron chi connectivity index (χ3n) is 4.18. The van der Waals surface area contributed by atoms with Gasteiger partial charge in [0.2, 0.25) is 5.91 Å². The van der Waals surface area contributed by atoms with Gasteiger partial charge in [-0.15, -0.1) is 0 Å². The van der Waals surface area contributed by atoms with Gasteiger partial charge in [0.1, 0.15) is 24.0 Å². The van der Waals surface area contributed by atoms with Crippen LogP contribution in [0.15, 0.2) is 54.9 Å². The normalized spacial score (nSPS) is 17.5. The summed E-state index contributed by atoms with van der Waals surface area (Å²) < 4.78 is 13.5. The molecule has 1 aromatic heterocycles. The van der Waals surface area contributed by atoms with Gasteiger partial charge in [0.15, 0.2) is 0 Å². The van der Waals surface area contributed by atoms with Gasteiger partial charge < -0.3 is 10.2 Å². The fourth-order valence-electron chi connectivity index (χ4n) is 2.99. The standard InChI is InChI=1S/C18H15FN4O/c19-12-6-7-15-14(10-12)17(21-11-20-15)22-16-8-9-23(18(16)24)13-4-2-1-3-5-13/h1-7,10-11,16H,8-9H2,(H,20,21,22). The maximum Gasteiger partial charge on any atom is 0.249 e. The van der Waals surface area contributed by atoms with Crippen molar-refractivity contribution in [2.45, 2.75) is 12.5 Å². The van der Waals surface area contributed by atoms with Crippen LogP contribution in [0, 0.1) is 5.82 Å². The van der Waals surface area contributed by atoms with E-state index in [1.165, 1.54) is 18.5 Å². The van der Waals surface area contributed by atoms with Crippen molar-refractivity contribution >= 4 is 28.3 Å². The summed E-state index contributed by atoms with van der Waals surface area (Å²) in [6, 6.07) is 13.5. The number of amides is 1. The highest BCUT2D eigenvalue weighted by atomic mass is 19.1. The number of carbonyl (C=O) groups excluding carboxylic acids is 1. The number of hydrogen-bond acceptors (Lipinski definition) is 4. The van der Waals surface area contributed by atoms with E-state index in [-0.39, 0.29) is 17.8 Å². The van der Waals surface area contributed by atoms with E-state index in [1.807, 2.05) is 30.3 Å². The van der Waals surface area contributed by atoms with E-state index in [0.29, 0.717) is 29.7 Å². The first-order valence-electron chi connectivity index (χ1n) is 7.75. The number of fused-ring (bicyclic) bond motifs is 1. The Hall–Kier alpha value is -3.02. The van der Waals surface area contributed by atoms with E-state index in [4.69, 9.17) is 0 Å². The van der Waals surface area contributed by atoms with Crippen LogP contribution in [-0.2, 0) is 4.79 Å². The summed E-state index contributed by atoms with van der Waals surface area (Å²) in [6.45, 7) is 0.637. The number of aromatic nitrogens is 2. The largest absolute Gasteiger partial charge is 0.358 e. The molecule has 1 amide bonds. The van der Waals surface area contributed by atoms with Gasteiger partial charge in [0, 0.05) is 17.6 Å². The first kappa shape index (κ1) is 14.6. The van der Waals surface area contributed by atoms with Crippen LogP contribution in [0.5, 0.6) is 0 Å². The maximum absolute atomic E-state index is 13.5. The van der Waals surface area contributed by atoms with Gasteiger partial charge >= 0.3 is 0 Å². The summed E-state index contributed by atoms with van der Waals surface area (Å²) in [5.41, 5.74) is 1.52. The molecule has 1 saturated heterocycles. The minimum absolute atomic E-state index is 0.00985. The predicted molar refractivity (Wildman–Crippen MR) is 90.3 cm³/mol. The lowest BCUT2D eigenvalue weighted by atomic mass is 10.2. The van der Waals surface area contributed by atoms with Crippen molar-refractivity contribution in [2.75, 3.05) is 16.8 Å². The summed E-state index contributed by atoms with van der Waals surface area (Å²) in [7, 11) is 0. The van der Waals surface area contributed by atoms with Gasteiger partial charge in [-0.25, -0.2) is 14.4 Å². The Balaban J connectivity index is 1.61. The molecule has 0 bridgehead atoms. The first-order chi connectivity index (χ1) is 11.7. The Morgan fingerprint density at radius 3 is 2.79 bits per heavy atom. The second-order valence-electron chi connectivity index (χ2n) is 5.69. The number of rotatable bonds is 3. The van der Waals surface area contributed by atoms with Crippen LogP contribution in [0.1, 0.15) is 6.42 Å². The molecule has 5 nitrogen and oxygen atoms in total. The average Bonchev–Trinajstić information content (AvgIpc) is 2.97. The van der Waals surface area contributed by atoms with Crippen molar-refractivity contribution < 1.29 is 9.18 Å². The average molecular weight is 322 g/mol. The summed E-state index contributed by atoms with van der Waals surface area (Å²) in [6.07, 6.45) is 2.07. The van der Waals surface area contributed by atoms with Crippen LogP contribution in [0.4, 0.5) is 15.9 Å². The number of hydrogen-bond donors (Lipinski definition) is 1. The van der Waals surface area contributed by atoms with Crippen molar-refractivity contribution in [3.05, 3.63) is 60.7 Å². The third kappa shape index (κ3) is 2.56. The molecule has 6 heteroatoms. The zero-order valence-electron chi connectivity index (χ0n) is 12.8. The van der Waals surface area contributed by atoms with Crippen molar-refractivity contribution in [3.63, 3.8) is 0 Å². The number of benzene rings is 2. The molecule has 3 aromatic rings. The van der Waals surface area contributed by atoms with Gasteiger partial charge in [0.05, 0.1) is 5.52 Å². The molecular weight excluding hydrogens is 307 g/mol. The minimum Gasteiger partial charge on any atom is -0.358 e. The molecule has 1 atom stereocenters. The van der Waals surface area contributed by atoms with E-state index >= 15 is 0 Å². The van der Waals surface area contributed by atoms with E-state index in [2.05, 4.69) is 15.3 Å². The fourth-order valence-corrected chi connectivity index (χ4v) is 2.99. The Kier molecular flexibility index (Phi) is 3.57. The smallest absolute Gasteiger partial charge is 0.249 e. The molecule has 0 aliphatic carbocycles. The van der Waals surface area contributed by atoms with Gasteiger partial charge in [0.25, 0.3) is 0 Å². The second-order valence-corrected chi connectivity index (χ2v) is 5.69. The molecule has 0 spiro atoms. The Bertz CT molecular complexity index is 900. The van der Waals surface area contributed by atoms with Crippen molar-refractivity contribution in [1.29, 1.82) is 0 Å². The molecule has 1 unspecified atom stereocenters. The molecule has 2 aromatic carbocycles. The molecule has 4 rings (SSSR count). The van der Waals surface area contributed by atoms with E-state index in [0.717, 1.165) is 5.69 Å². The highest BCUT2D eigenvalue weighted by Crippen LogP contribution is 2.26. The Labute approximate surface area is 138 Å². The monoisotopic (exact) mass is 322 g/mol. The summed E-state index contributed by atoms with van der Waals surface area (Å²) in [4.78, 5) is 22.7. The zero-order valence-corrected chi connectivity index (χ0v) is 12.8. The summed E-state index contributed by atoms with van der Waals surface area (Å²) >= 11 is 0. The quantitative estimate of drug-likeness (QED) is 0.805. The predicted octanol–water partition coefficient (Wildman–Crippen LogP) is 2.99. The molecule has 1 fully saturated rings. The molecule has 2 heterocycles. The van der Waals surface area contributed by atoms with Crippen LogP contribution in [0.3, 0.4) is 0 Å². The zero-order chi connectivity index (χ0) is 16.5. The van der Waals surface area contributed by atoms with E-state index in [1.54, 1.807) is 11.0 Å². The van der Waals surface area contributed by atoms with E-state index < -0.39 is 0 Å². The Morgan fingerprint density at radius 2 is 1.96 bits per heavy atom. The molecule has 0 radical (unpaired) electrons. The highest BCUT2D eigenvalue weighted by molar-refractivity contribution is 6.02. The van der Waals surface area contributed by atoms with Crippen LogP contribution < -0.4 is 10.2 Å². The van der Waals surface area contributed by atoms with Crippen molar-refractivity contribution in [3.8, 4) is 0 Å². The molecule has 24 heavy (non-hydrogen) atoms. The molecule has 0 saturated carbocycles. The van der Waals surface area contributed by atoms with Gasteiger partial charge in [-0.3, -0.25) is 4.79 Å². The summed E-state index contributed by atoms with van der Waals surface area (Å²) in [5, 5.41) is 3.72. The van der Waals surface area contributed by atoms with Crippen LogP contribution in [-0.4, -0.2) is 28.5 Å². The lowest BCUT2D eigenvalue weighted by Gasteiger charge is -2.17. The van der Waals surface area contributed by atoms with Gasteiger partial charge in [-0.1, -0.05) is 18.2 Å². The van der Waals surface area contributed by atoms with Gasteiger partial charge in [-0.05, 0) is 36.8 Å². The SMILES string of the molecule is O=C1C(Nc2ncnc3ccc(F)cc23)CCN1c1ccccc1. The second kappa shape index (κ2) is 5.88. The maximum atomic E-state index is 13.5. The van der Waals surface area contributed by atoms with Crippen molar-refractivity contribution in [2.24, 2.45) is 0 Å². The van der Waals surface area contributed by atoms with E-state index in [9.17, 15) is 9.18 Å². The number of anilines is 2. The topological polar surface area (TPSA) is 58.1 Å². The number of nitrogens with one attached hydrogen (secondary N) is 1. The van der Waals surface area contributed by atoms with Crippen LogP contribution in [0.25, 0.3) is 10.9 Å². The van der Waals surface area contributed by atoms with Crippen molar-refractivity contribution in [1.82, 2.24) is 9.97 Å². The number of carbonyl (C=O) groups is 1.